The standard InChI is InChI=1S/C13H22N4O/c1-13(2)5-4-6-14-11(13)7-15-12(18)10-8-17(3)9-16-10/h8-9,11,14H,4-7H2,1-3H3,(H,15,18). The normalized spacial score (nSPS) is 22.7. The molecule has 1 aliphatic rings. The molecule has 0 saturated carbocycles. The molecule has 1 saturated heterocycles. The van der Waals surface area contributed by atoms with Gasteiger partial charge in [-0.2, -0.15) is 0 Å². The van der Waals surface area contributed by atoms with Gasteiger partial charge in [0.05, 0.1) is 6.33 Å². The van der Waals surface area contributed by atoms with Crippen molar-refractivity contribution in [3.63, 3.8) is 0 Å². The summed E-state index contributed by atoms with van der Waals surface area (Å²) in [6.07, 6.45) is 5.77. The van der Waals surface area contributed by atoms with Crippen LogP contribution in [-0.2, 0) is 7.05 Å². The first-order valence-electron chi connectivity index (χ1n) is 6.48. The SMILES string of the molecule is Cn1cnc(C(=O)NCC2NCCCC2(C)C)c1. The quantitative estimate of drug-likeness (QED) is 0.839. The van der Waals surface area contributed by atoms with E-state index in [-0.39, 0.29) is 11.3 Å². The van der Waals surface area contributed by atoms with E-state index in [9.17, 15) is 4.79 Å². The summed E-state index contributed by atoms with van der Waals surface area (Å²) in [5.41, 5.74) is 0.710. The van der Waals surface area contributed by atoms with Gasteiger partial charge in [-0.1, -0.05) is 13.8 Å². The van der Waals surface area contributed by atoms with E-state index in [0.29, 0.717) is 18.3 Å². The second-order valence-electron chi connectivity index (χ2n) is 5.73. The van der Waals surface area contributed by atoms with Crippen molar-refractivity contribution in [1.29, 1.82) is 0 Å². The van der Waals surface area contributed by atoms with Crippen molar-refractivity contribution >= 4 is 5.91 Å². The van der Waals surface area contributed by atoms with Crippen LogP contribution in [0.15, 0.2) is 12.5 Å². The number of carbonyl (C=O) groups excluding carboxylic acids is 1. The molecule has 5 nitrogen and oxygen atoms in total. The van der Waals surface area contributed by atoms with Crippen molar-refractivity contribution in [2.75, 3.05) is 13.1 Å². The van der Waals surface area contributed by atoms with Gasteiger partial charge in [0.15, 0.2) is 0 Å². The van der Waals surface area contributed by atoms with Crippen LogP contribution in [0.1, 0.15) is 37.2 Å². The largest absolute Gasteiger partial charge is 0.349 e. The molecule has 1 aliphatic heterocycles. The molecule has 0 bridgehead atoms. The highest BCUT2D eigenvalue weighted by atomic mass is 16.1. The van der Waals surface area contributed by atoms with Crippen molar-refractivity contribution < 1.29 is 4.79 Å². The molecule has 1 unspecified atom stereocenters. The number of nitrogens with zero attached hydrogens (tertiary/aromatic N) is 2. The third-order valence-corrected chi connectivity index (χ3v) is 3.74. The minimum absolute atomic E-state index is 0.0984. The fourth-order valence-electron chi connectivity index (χ4n) is 2.43. The van der Waals surface area contributed by atoms with E-state index in [0.717, 1.165) is 6.54 Å². The smallest absolute Gasteiger partial charge is 0.271 e. The molecule has 1 aromatic heterocycles. The number of hydrogen-bond donors (Lipinski definition) is 2. The van der Waals surface area contributed by atoms with Crippen molar-refractivity contribution in [3.8, 4) is 0 Å². The predicted molar refractivity (Wildman–Crippen MR) is 70.3 cm³/mol. The average molecular weight is 250 g/mol. The Bertz CT molecular complexity index is 424. The van der Waals surface area contributed by atoms with Gasteiger partial charge in [0, 0.05) is 25.8 Å². The fourth-order valence-corrected chi connectivity index (χ4v) is 2.43. The summed E-state index contributed by atoms with van der Waals surface area (Å²) in [6, 6.07) is 0.332. The van der Waals surface area contributed by atoms with Gasteiger partial charge in [-0.25, -0.2) is 4.98 Å². The Morgan fingerprint density at radius 1 is 1.67 bits per heavy atom. The molecule has 1 atom stereocenters. The van der Waals surface area contributed by atoms with E-state index in [1.165, 1.54) is 12.8 Å². The van der Waals surface area contributed by atoms with Crippen LogP contribution in [0.5, 0.6) is 0 Å². The minimum Gasteiger partial charge on any atom is -0.349 e. The summed E-state index contributed by atoms with van der Waals surface area (Å²) in [5.74, 6) is -0.0984. The molecule has 0 aliphatic carbocycles. The maximum Gasteiger partial charge on any atom is 0.271 e. The number of rotatable bonds is 3. The van der Waals surface area contributed by atoms with Gasteiger partial charge in [0.1, 0.15) is 5.69 Å². The lowest BCUT2D eigenvalue weighted by Crippen LogP contribution is -2.52. The molecule has 0 radical (unpaired) electrons. The van der Waals surface area contributed by atoms with Crippen LogP contribution in [0.3, 0.4) is 0 Å². The number of carbonyl (C=O) groups is 1. The lowest BCUT2D eigenvalue weighted by Gasteiger charge is -2.39. The molecule has 2 N–H and O–H groups in total. The van der Waals surface area contributed by atoms with Crippen LogP contribution in [0.2, 0.25) is 0 Å². The van der Waals surface area contributed by atoms with E-state index in [1.54, 1.807) is 17.1 Å². The molecule has 0 spiro atoms. The number of amides is 1. The van der Waals surface area contributed by atoms with Crippen molar-refractivity contribution in [1.82, 2.24) is 20.2 Å². The zero-order valence-corrected chi connectivity index (χ0v) is 11.4. The molecule has 5 heteroatoms. The van der Waals surface area contributed by atoms with Gasteiger partial charge in [0.25, 0.3) is 5.91 Å². The Hall–Kier alpha value is -1.36. The van der Waals surface area contributed by atoms with Crippen molar-refractivity contribution in [3.05, 3.63) is 18.2 Å². The Labute approximate surface area is 108 Å². The summed E-state index contributed by atoms with van der Waals surface area (Å²) >= 11 is 0. The highest BCUT2D eigenvalue weighted by Crippen LogP contribution is 2.29. The fraction of sp³-hybridized carbons (Fsp3) is 0.692. The van der Waals surface area contributed by atoms with E-state index < -0.39 is 0 Å². The van der Waals surface area contributed by atoms with Crippen LogP contribution in [0, 0.1) is 5.41 Å². The third-order valence-electron chi connectivity index (χ3n) is 3.74. The van der Waals surface area contributed by atoms with Gasteiger partial charge in [0.2, 0.25) is 0 Å². The summed E-state index contributed by atoms with van der Waals surface area (Å²) in [7, 11) is 1.86. The van der Waals surface area contributed by atoms with E-state index in [4.69, 9.17) is 0 Å². The second kappa shape index (κ2) is 5.10. The summed E-state index contributed by atoms with van der Waals surface area (Å²) < 4.78 is 1.78. The zero-order chi connectivity index (χ0) is 13.2. The van der Waals surface area contributed by atoms with E-state index >= 15 is 0 Å². The monoisotopic (exact) mass is 250 g/mol. The van der Waals surface area contributed by atoms with Crippen LogP contribution in [-0.4, -0.2) is 34.6 Å². The highest BCUT2D eigenvalue weighted by Gasteiger charge is 2.32. The summed E-state index contributed by atoms with van der Waals surface area (Å²) in [4.78, 5) is 15.9. The Morgan fingerprint density at radius 2 is 2.44 bits per heavy atom. The minimum atomic E-state index is -0.0984. The topological polar surface area (TPSA) is 59.0 Å². The number of piperidine rings is 1. The maximum atomic E-state index is 11.9. The van der Waals surface area contributed by atoms with Crippen LogP contribution >= 0.6 is 0 Å². The van der Waals surface area contributed by atoms with E-state index in [1.807, 2.05) is 7.05 Å². The molecule has 18 heavy (non-hydrogen) atoms. The number of aromatic nitrogens is 2. The van der Waals surface area contributed by atoms with Crippen LogP contribution in [0.4, 0.5) is 0 Å². The number of hydrogen-bond acceptors (Lipinski definition) is 3. The Morgan fingerprint density at radius 3 is 3.06 bits per heavy atom. The van der Waals surface area contributed by atoms with Gasteiger partial charge < -0.3 is 15.2 Å². The highest BCUT2D eigenvalue weighted by molar-refractivity contribution is 5.92. The lowest BCUT2D eigenvalue weighted by atomic mass is 9.77. The number of nitrogens with one attached hydrogen (secondary N) is 2. The number of aryl methyl sites for hydroxylation is 1. The molecule has 1 aromatic rings. The van der Waals surface area contributed by atoms with Gasteiger partial charge in [-0.05, 0) is 24.8 Å². The van der Waals surface area contributed by atoms with Crippen molar-refractivity contribution in [2.24, 2.45) is 12.5 Å². The molecule has 2 rings (SSSR count). The molecule has 2 heterocycles. The van der Waals surface area contributed by atoms with E-state index in [2.05, 4.69) is 29.5 Å². The molecule has 100 valence electrons. The van der Waals surface area contributed by atoms with Gasteiger partial charge in [-0.15, -0.1) is 0 Å². The molecule has 1 fully saturated rings. The summed E-state index contributed by atoms with van der Waals surface area (Å²) in [6.45, 7) is 6.18. The van der Waals surface area contributed by atoms with Crippen LogP contribution in [0.25, 0.3) is 0 Å². The van der Waals surface area contributed by atoms with Crippen molar-refractivity contribution in [2.45, 2.75) is 32.7 Å². The first kappa shape index (κ1) is 13.1. The van der Waals surface area contributed by atoms with Gasteiger partial charge >= 0.3 is 0 Å². The predicted octanol–water partition coefficient (Wildman–Crippen LogP) is 0.928. The number of imidazole rings is 1. The Balaban J connectivity index is 1.89. The first-order chi connectivity index (χ1) is 8.49. The lowest BCUT2D eigenvalue weighted by molar-refractivity contribution is 0.0924. The summed E-state index contributed by atoms with van der Waals surface area (Å²) in [5, 5.41) is 6.44. The second-order valence-corrected chi connectivity index (χ2v) is 5.73. The van der Waals surface area contributed by atoms with Gasteiger partial charge in [-0.3, -0.25) is 4.79 Å². The molecule has 1 amide bonds. The first-order valence-corrected chi connectivity index (χ1v) is 6.48. The molecule has 0 aromatic carbocycles. The Kier molecular flexibility index (Phi) is 3.71. The molecular weight excluding hydrogens is 228 g/mol. The average Bonchev–Trinajstić information content (AvgIpc) is 2.73. The third kappa shape index (κ3) is 2.90. The molecular formula is C13H22N4O. The zero-order valence-electron chi connectivity index (χ0n) is 11.4. The van der Waals surface area contributed by atoms with Crippen LogP contribution < -0.4 is 10.6 Å². The maximum absolute atomic E-state index is 11.9.